The second kappa shape index (κ2) is 23.6. The van der Waals surface area contributed by atoms with Crippen LogP contribution in [0, 0.1) is 5.41 Å². The standard InChI is InChI=1S/C30H60O2/c1-4-7-10-13-16-17-18-19-22-25-28-30(29(31)32,26-23-20-14-11-8-5-2)27-24-21-15-12-9-6-3/h4-28H2,1-3H3,(H,31,32). The lowest BCUT2D eigenvalue weighted by atomic mass is 9.74. The minimum atomic E-state index is -0.504. The Morgan fingerprint density at radius 2 is 0.656 bits per heavy atom. The van der Waals surface area contributed by atoms with Crippen LogP contribution in [0.25, 0.3) is 0 Å². The Labute approximate surface area is 202 Å². The largest absolute Gasteiger partial charge is 0.481 e. The summed E-state index contributed by atoms with van der Waals surface area (Å²) in [5.74, 6) is -0.504. The highest BCUT2D eigenvalue weighted by molar-refractivity contribution is 5.74. The zero-order valence-electron chi connectivity index (χ0n) is 22.5. The van der Waals surface area contributed by atoms with Gasteiger partial charge in [-0.25, -0.2) is 0 Å². The average Bonchev–Trinajstić information content (AvgIpc) is 2.79. The highest BCUT2D eigenvalue weighted by Gasteiger charge is 2.36. The van der Waals surface area contributed by atoms with E-state index in [1.54, 1.807) is 0 Å². The van der Waals surface area contributed by atoms with Crippen LogP contribution in [0.15, 0.2) is 0 Å². The molecule has 0 fully saturated rings. The first-order valence-corrected chi connectivity index (χ1v) is 14.9. The van der Waals surface area contributed by atoms with Crippen molar-refractivity contribution in [3.8, 4) is 0 Å². The quantitative estimate of drug-likeness (QED) is 0.132. The van der Waals surface area contributed by atoms with E-state index >= 15 is 0 Å². The van der Waals surface area contributed by atoms with Gasteiger partial charge in [-0.15, -0.1) is 0 Å². The predicted molar refractivity (Wildman–Crippen MR) is 143 cm³/mol. The molecular formula is C30H60O2. The molecule has 0 aliphatic heterocycles. The minimum Gasteiger partial charge on any atom is -0.481 e. The molecule has 0 aromatic rings. The highest BCUT2D eigenvalue weighted by Crippen LogP contribution is 2.38. The van der Waals surface area contributed by atoms with Crippen molar-refractivity contribution >= 4 is 5.97 Å². The van der Waals surface area contributed by atoms with E-state index in [1.807, 2.05) is 0 Å². The third-order valence-electron chi connectivity index (χ3n) is 7.48. The van der Waals surface area contributed by atoms with Gasteiger partial charge in [0.15, 0.2) is 0 Å². The third-order valence-corrected chi connectivity index (χ3v) is 7.48. The van der Waals surface area contributed by atoms with Crippen molar-refractivity contribution < 1.29 is 9.90 Å². The van der Waals surface area contributed by atoms with Crippen LogP contribution in [0.5, 0.6) is 0 Å². The molecule has 0 aromatic carbocycles. The zero-order valence-corrected chi connectivity index (χ0v) is 22.5. The van der Waals surface area contributed by atoms with Crippen LogP contribution in [0.4, 0.5) is 0 Å². The number of carboxylic acid groups (broad SMARTS) is 1. The van der Waals surface area contributed by atoms with Gasteiger partial charge in [0.2, 0.25) is 0 Å². The molecule has 2 nitrogen and oxygen atoms in total. The second-order valence-electron chi connectivity index (χ2n) is 10.6. The second-order valence-corrected chi connectivity index (χ2v) is 10.6. The van der Waals surface area contributed by atoms with E-state index < -0.39 is 11.4 Å². The van der Waals surface area contributed by atoms with E-state index in [2.05, 4.69) is 20.8 Å². The maximum atomic E-state index is 12.4. The average molecular weight is 453 g/mol. The molecule has 0 atom stereocenters. The maximum absolute atomic E-state index is 12.4. The molecule has 0 aliphatic carbocycles. The normalized spacial score (nSPS) is 11.8. The summed E-state index contributed by atoms with van der Waals surface area (Å²) >= 11 is 0. The summed E-state index contributed by atoms with van der Waals surface area (Å²) in [6, 6.07) is 0. The molecule has 0 amide bonds. The number of rotatable bonds is 26. The van der Waals surface area contributed by atoms with Crippen LogP contribution < -0.4 is 0 Å². The Balaban J connectivity index is 4.36. The smallest absolute Gasteiger partial charge is 0.309 e. The molecule has 0 heterocycles. The maximum Gasteiger partial charge on any atom is 0.309 e. The summed E-state index contributed by atoms with van der Waals surface area (Å²) in [6.07, 6.45) is 30.9. The van der Waals surface area contributed by atoms with Crippen LogP contribution in [-0.2, 0) is 4.79 Å². The van der Waals surface area contributed by atoms with E-state index in [4.69, 9.17) is 0 Å². The molecule has 0 bridgehead atoms. The van der Waals surface area contributed by atoms with Gasteiger partial charge in [0.05, 0.1) is 5.41 Å². The molecule has 192 valence electrons. The Bertz CT molecular complexity index is 374. The van der Waals surface area contributed by atoms with Crippen molar-refractivity contribution in [3.63, 3.8) is 0 Å². The number of unbranched alkanes of at least 4 members (excludes halogenated alkanes) is 19. The molecule has 1 N–H and O–H groups in total. The van der Waals surface area contributed by atoms with Crippen molar-refractivity contribution in [1.29, 1.82) is 0 Å². The van der Waals surface area contributed by atoms with Crippen molar-refractivity contribution in [2.75, 3.05) is 0 Å². The number of carbonyl (C=O) groups is 1. The van der Waals surface area contributed by atoms with E-state index in [1.165, 1.54) is 122 Å². The van der Waals surface area contributed by atoms with Crippen LogP contribution in [0.1, 0.15) is 181 Å². The molecule has 0 rings (SSSR count). The molecule has 0 aromatic heterocycles. The fraction of sp³-hybridized carbons (Fsp3) is 0.967. The van der Waals surface area contributed by atoms with Crippen LogP contribution >= 0.6 is 0 Å². The van der Waals surface area contributed by atoms with Gasteiger partial charge in [0.1, 0.15) is 0 Å². The summed E-state index contributed by atoms with van der Waals surface area (Å²) in [7, 11) is 0. The Morgan fingerprint density at radius 3 is 0.875 bits per heavy atom. The van der Waals surface area contributed by atoms with Crippen molar-refractivity contribution in [2.45, 2.75) is 181 Å². The highest BCUT2D eigenvalue weighted by atomic mass is 16.4. The molecule has 0 aliphatic rings. The summed E-state index contributed by atoms with van der Waals surface area (Å²) < 4.78 is 0. The lowest BCUT2D eigenvalue weighted by Crippen LogP contribution is -2.31. The van der Waals surface area contributed by atoms with Crippen LogP contribution in [0.2, 0.25) is 0 Å². The fourth-order valence-corrected chi connectivity index (χ4v) is 5.13. The van der Waals surface area contributed by atoms with Crippen molar-refractivity contribution in [1.82, 2.24) is 0 Å². The summed E-state index contributed by atoms with van der Waals surface area (Å²) in [4.78, 5) is 12.4. The number of carboxylic acids is 1. The lowest BCUT2D eigenvalue weighted by molar-refractivity contribution is -0.150. The minimum absolute atomic E-state index is 0.449. The Kier molecular flexibility index (Phi) is 23.2. The molecule has 32 heavy (non-hydrogen) atoms. The monoisotopic (exact) mass is 452 g/mol. The van der Waals surface area contributed by atoms with Gasteiger partial charge in [0, 0.05) is 0 Å². The van der Waals surface area contributed by atoms with E-state index in [-0.39, 0.29) is 0 Å². The molecular weight excluding hydrogens is 392 g/mol. The van der Waals surface area contributed by atoms with Crippen LogP contribution in [0.3, 0.4) is 0 Å². The first kappa shape index (κ1) is 31.5. The van der Waals surface area contributed by atoms with Gasteiger partial charge in [-0.2, -0.15) is 0 Å². The SMILES string of the molecule is CCCCCCCCCCCCC(CCCCCCCC)(CCCCCCCC)C(=O)O. The van der Waals surface area contributed by atoms with Crippen molar-refractivity contribution in [2.24, 2.45) is 5.41 Å². The van der Waals surface area contributed by atoms with E-state index in [0.717, 1.165) is 38.5 Å². The van der Waals surface area contributed by atoms with Gasteiger partial charge in [0.25, 0.3) is 0 Å². The molecule has 2 heteroatoms. The Hall–Kier alpha value is -0.530. The molecule has 0 unspecified atom stereocenters. The summed E-state index contributed by atoms with van der Waals surface area (Å²) in [5, 5.41) is 10.2. The van der Waals surface area contributed by atoms with Gasteiger partial charge in [-0.1, -0.05) is 162 Å². The number of aliphatic carboxylic acids is 1. The first-order chi connectivity index (χ1) is 15.6. The molecule has 0 spiro atoms. The van der Waals surface area contributed by atoms with E-state index in [0.29, 0.717) is 0 Å². The first-order valence-electron chi connectivity index (χ1n) is 14.9. The molecule has 0 saturated carbocycles. The summed E-state index contributed by atoms with van der Waals surface area (Å²) in [5.41, 5.74) is -0.449. The third kappa shape index (κ3) is 18.0. The predicted octanol–water partition coefficient (Wildman–Crippen LogP) is 10.9. The van der Waals surface area contributed by atoms with Gasteiger partial charge < -0.3 is 5.11 Å². The fourth-order valence-electron chi connectivity index (χ4n) is 5.13. The van der Waals surface area contributed by atoms with Gasteiger partial charge >= 0.3 is 5.97 Å². The van der Waals surface area contributed by atoms with Crippen LogP contribution in [-0.4, -0.2) is 11.1 Å². The number of hydrogen-bond donors (Lipinski definition) is 1. The van der Waals surface area contributed by atoms with Gasteiger partial charge in [-0.3, -0.25) is 4.79 Å². The molecule has 0 saturated heterocycles. The van der Waals surface area contributed by atoms with E-state index in [9.17, 15) is 9.90 Å². The number of hydrogen-bond acceptors (Lipinski definition) is 1. The zero-order chi connectivity index (χ0) is 23.8. The topological polar surface area (TPSA) is 37.3 Å². The molecule has 0 radical (unpaired) electrons. The Morgan fingerprint density at radius 1 is 0.438 bits per heavy atom. The lowest BCUT2D eigenvalue weighted by Gasteiger charge is -2.30. The summed E-state index contributed by atoms with van der Waals surface area (Å²) in [6.45, 7) is 6.78. The van der Waals surface area contributed by atoms with Gasteiger partial charge in [-0.05, 0) is 19.3 Å². The van der Waals surface area contributed by atoms with Crippen molar-refractivity contribution in [3.05, 3.63) is 0 Å².